The highest BCUT2D eigenvalue weighted by Gasteiger charge is 2.29. The number of rotatable bonds is 1. The van der Waals surface area contributed by atoms with Crippen LogP contribution in [0.3, 0.4) is 0 Å². The van der Waals surface area contributed by atoms with Crippen molar-refractivity contribution in [1.82, 2.24) is 20.1 Å². The van der Waals surface area contributed by atoms with Crippen LogP contribution in [0.1, 0.15) is 17.3 Å². The maximum absolute atomic E-state index is 4.53. The van der Waals surface area contributed by atoms with Gasteiger partial charge in [-0.2, -0.15) is 0 Å². The molecule has 4 nitrogen and oxygen atoms in total. The molecule has 1 aromatic rings. The molecule has 0 aromatic carbocycles. The molecule has 2 aliphatic heterocycles. The molecule has 0 spiro atoms. The molecule has 1 N–H and O–H groups in total. The van der Waals surface area contributed by atoms with E-state index in [2.05, 4.69) is 39.3 Å². The van der Waals surface area contributed by atoms with Crippen molar-refractivity contribution in [3.8, 4) is 0 Å². The van der Waals surface area contributed by atoms with Gasteiger partial charge < -0.3 is 5.32 Å². The number of hydrogen-bond acceptors (Lipinski definition) is 4. The molecule has 2 aliphatic rings. The van der Waals surface area contributed by atoms with E-state index in [4.69, 9.17) is 0 Å². The van der Waals surface area contributed by atoms with Gasteiger partial charge in [-0.15, -0.1) is 0 Å². The number of aromatic nitrogens is 1. The Morgan fingerprint density at radius 1 is 1.35 bits per heavy atom. The molecule has 3 heterocycles. The van der Waals surface area contributed by atoms with Crippen molar-refractivity contribution >= 4 is 0 Å². The van der Waals surface area contributed by atoms with Crippen molar-refractivity contribution in [1.29, 1.82) is 0 Å². The maximum Gasteiger partial charge on any atom is 0.0592 e. The van der Waals surface area contributed by atoms with Crippen LogP contribution in [0, 0.1) is 0 Å². The van der Waals surface area contributed by atoms with Crippen molar-refractivity contribution in [2.24, 2.45) is 0 Å². The van der Waals surface area contributed by atoms with Crippen LogP contribution >= 0.6 is 0 Å². The van der Waals surface area contributed by atoms with Gasteiger partial charge in [0.15, 0.2) is 0 Å². The summed E-state index contributed by atoms with van der Waals surface area (Å²) in [4.78, 5) is 9.50. The van der Waals surface area contributed by atoms with Crippen LogP contribution in [0.4, 0.5) is 0 Å². The van der Waals surface area contributed by atoms with Gasteiger partial charge in [0.2, 0.25) is 0 Å². The zero-order chi connectivity index (χ0) is 11.7. The molecular weight excluding hydrogens is 212 g/mol. The SMILES string of the molecule is CN1Cc2ncccc2C(N2CCNCC2)C1. The van der Waals surface area contributed by atoms with Gasteiger partial charge in [0.05, 0.1) is 5.69 Å². The first kappa shape index (κ1) is 11.1. The minimum Gasteiger partial charge on any atom is -0.314 e. The third kappa shape index (κ3) is 2.20. The van der Waals surface area contributed by atoms with Crippen LogP contribution in [0.5, 0.6) is 0 Å². The van der Waals surface area contributed by atoms with Crippen LogP contribution in [-0.4, -0.2) is 54.6 Å². The Morgan fingerprint density at radius 2 is 2.18 bits per heavy atom. The number of likely N-dealkylation sites (N-methyl/N-ethyl adjacent to an activating group) is 1. The molecule has 3 rings (SSSR count). The molecule has 4 heteroatoms. The van der Waals surface area contributed by atoms with Crippen molar-refractivity contribution in [2.75, 3.05) is 39.8 Å². The van der Waals surface area contributed by atoms with Crippen LogP contribution < -0.4 is 5.32 Å². The molecule has 0 saturated carbocycles. The first-order valence-electron chi connectivity index (χ1n) is 6.42. The Hall–Kier alpha value is -0.970. The summed E-state index contributed by atoms with van der Waals surface area (Å²) >= 11 is 0. The summed E-state index contributed by atoms with van der Waals surface area (Å²) in [5, 5.41) is 3.42. The van der Waals surface area contributed by atoms with E-state index in [9.17, 15) is 0 Å². The van der Waals surface area contributed by atoms with E-state index in [1.54, 1.807) is 0 Å². The summed E-state index contributed by atoms with van der Waals surface area (Å²) in [6.07, 6.45) is 1.91. The zero-order valence-electron chi connectivity index (χ0n) is 10.4. The van der Waals surface area contributed by atoms with Gasteiger partial charge in [-0.3, -0.25) is 14.8 Å². The first-order chi connectivity index (χ1) is 8.34. The van der Waals surface area contributed by atoms with E-state index in [-0.39, 0.29) is 0 Å². The lowest BCUT2D eigenvalue weighted by Crippen LogP contribution is -2.49. The molecule has 0 aliphatic carbocycles. The van der Waals surface area contributed by atoms with Gasteiger partial charge in [-0.1, -0.05) is 6.07 Å². The molecule has 0 amide bonds. The van der Waals surface area contributed by atoms with Crippen molar-refractivity contribution in [3.63, 3.8) is 0 Å². The second-order valence-corrected chi connectivity index (χ2v) is 5.04. The minimum absolute atomic E-state index is 0.527. The maximum atomic E-state index is 4.53. The molecule has 0 radical (unpaired) electrons. The Morgan fingerprint density at radius 3 is 3.00 bits per heavy atom. The number of piperazine rings is 1. The number of fused-ring (bicyclic) bond motifs is 1. The summed E-state index contributed by atoms with van der Waals surface area (Å²) in [7, 11) is 2.19. The fourth-order valence-electron chi connectivity index (χ4n) is 2.91. The number of nitrogens with zero attached hydrogens (tertiary/aromatic N) is 3. The van der Waals surface area contributed by atoms with E-state index < -0.39 is 0 Å². The molecule has 1 atom stereocenters. The highest BCUT2D eigenvalue weighted by molar-refractivity contribution is 5.26. The van der Waals surface area contributed by atoms with E-state index in [0.717, 1.165) is 39.3 Å². The molecule has 17 heavy (non-hydrogen) atoms. The lowest BCUT2D eigenvalue weighted by Gasteiger charge is -2.40. The van der Waals surface area contributed by atoms with Crippen LogP contribution in [0.25, 0.3) is 0 Å². The normalized spacial score (nSPS) is 26.8. The second-order valence-electron chi connectivity index (χ2n) is 5.04. The standard InChI is InChI=1S/C13H20N4/c1-16-9-12-11(3-2-4-15-12)13(10-16)17-7-5-14-6-8-17/h2-4,13-14H,5-10H2,1H3. The highest BCUT2D eigenvalue weighted by Crippen LogP contribution is 2.29. The number of pyridine rings is 1. The summed E-state index contributed by atoms with van der Waals surface area (Å²) in [6, 6.07) is 4.85. The molecule has 1 aromatic heterocycles. The predicted molar refractivity (Wildman–Crippen MR) is 67.8 cm³/mol. The van der Waals surface area contributed by atoms with Gasteiger partial charge in [0, 0.05) is 51.5 Å². The quantitative estimate of drug-likeness (QED) is 0.763. The average molecular weight is 232 g/mol. The molecule has 1 fully saturated rings. The van der Waals surface area contributed by atoms with Gasteiger partial charge in [-0.25, -0.2) is 0 Å². The fraction of sp³-hybridized carbons (Fsp3) is 0.615. The van der Waals surface area contributed by atoms with Crippen LogP contribution in [-0.2, 0) is 6.54 Å². The van der Waals surface area contributed by atoms with Crippen molar-refractivity contribution in [3.05, 3.63) is 29.6 Å². The third-order valence-electron chi connectivity index (χ3n) is 3.78. The van der Waals surface area contributed by atoms with Gasteiger partial charge >= 0.3 is 0 Å². The monoisotopic (exact) mass is 232 g/mol. The van der Waals surface area contributed by atoms with Crippen molar-refractivity contribution in [2.45, 2.75) is 12.6 Å². The number of nitrogens with one attached hydrogen (secondary N) is 1. The zero-order valence-corrected chi connectivity index (χ0v) is 10.4. The lowest BCUT2D eigenvalue weighted by molar-refractivity contribution is 0.119. The Balaban J connectivity index is 1.88. The third-order valence-corrected chi connectivity index (χ3v) is 3.78. The van der Waals surface area contributed by atoms with Crippen molar-refractivity contribution < 1.29 is 0 Å². The molecule has 1 saturated heterocycles. The Labute approximate surface area is 103 Å². The fourth-order valence-corrected chi connectivity index (χ4v) is 2.91. The average Bonchev–Trinajstić information content (AvgIpc) is 2.39. The van der Waals surface area contributed by atoms with Gasteiger partial charge in [-0.05, 0) is 18.7 Å². The topological polar surface area (TPSA) is 31.4 Å². The highest BCUT2D eigenvalue weighted by atomic mass is 15.3. The van der Waals surface area contributed by atoms with E-state index in [1.807, 2.05) is 6.20 Å². The van der Waals surface area contributed by atoms with E-state index in [0.29, 0.717) is 6.04 Å². The van der Waals surface area contributed by atoms with Gasteiger partial charge in [0.1, 0.15) is 0 Å². The summed E-state index contributed by atoms with van der Waals surface area (Å²) in [5.74, 6) is 0. The smallest absolute Gasteiger partial charge is 0.0592 e. The first-order valence-corrected chi connectivity index (χ1v) is 6.42. The number of hydrogen-bond donors (Lipinski definition) is 1. The molecule has 92 valence electrons. The van der Waals surface area contributed by atoms with Gasteiger partial charge in [0.25, 0.3) is 0 Å². The van der Waals surface area contributed by atoms with E-state index in [1.165, 1.54) is 11.3 Å². The Kier molecular flexibility index (Phi) is 3.09. The second kappa shape index (κ2) is 4.72. The molecular formula is C13H20N4. The predicted octanol–water partition coefficient (Wildman–Crippen LogP) is 0.473. The minimum atomic E-state index is 0.527. The summed E-state index contributed by atoms with van der Waals surface area (Å²) < 4.78 is 0. The molecule has 1 unspecified atom stereocenters. The summed E-state index contributed by atoms with van der Waals surface area (Å²) in [6.45, 7) is 6.61. The lowest BCUT2D eigenvalue weighted by atomic mass is 9.98. The van der Waals surface area contributed by atoms with E-state index >= 15 is 0 Å². The largest absolute Gasteiger partial charge is 0.314 e. The van der Waals surface area contributed by atoms with Crippen LogP contribution in [0.2, 0.25) is 0 Å². The Bertz CT molecular complexity index is 387. The molecule has 0 bridgehead atoms. The summed E-state index contributed by atoms with van der Waals surface area (Å²) in [5.41, 5.74) is 2.69. The van der Waals surface area contributed by atoms with Crippen LogP contribution in [0.15, 0.2) is 18.3 Å².